The smallest absolute Gasteiger partial charge is 0.411 e. The molecule has 0 spiro atoms. The van der Waals surface area contributed by atoms with Gasteiger partial charge in [0.2, 0.25) is 0 Å². The van der Waals surface area contributed by atoms with Crippen LogP contribution in [0.4, 0.5) is 10.5 Å². The van der Waals surface area contributed by atoms with Crippen molar-refractivity contribution < 1.29 is 33.6 Å². The third kappa shape index (κ3) is 7.65. The summed E-state index contributed by atoms with van der Waals surface area (Å²) in [7, 11) is 1.48. The number of likely N-dealkylation sites (N-methyl/N-ethyl adjacent to an activating group) is 1. The van der Waals surface area contributed by atoms with E-state index >= 15 is 0 Å². The molecule has 0 aliphatic carbocycles. The molecule has 0 radical (unpaired) electrons. The Morgan fingerprint density at radius 3 is 2.15 bits per heavy atom. The fourth-order valence-corrected chi connectivity index (χ4v) is 5.49. The molecule has 2 aromatic carbocycles. The molecule has 0 saturated carbocycles. The number of aldehydes is 1. The summed E-state index contributed by atoms with van der Waals surface area (Å²) >= 11 is 0. The Kier molecular flexibility index (Phi) is 10.9. The van der Waals surface area contributed by atoms with Gasteiger partial charge in [-0.15, -0.1) is 0 Å². The van der Waals surface area contributed by atoms with Crippen LogP contribution in [0.2, 0.25) is 0 Å². The number of morpholine rings is 1. The van der Waals surface area contributed by atoms with E-state index in [1.54, 1.807) is 27.7 Å². The molecule has 41 heavy (non-hydrogen) atoms. The Morgan fingerprint density at radius 1 is 1.00 bits per heavy atom. The second-order valence-corrected chi connectivity index (χ2v) is 11.8. The van der Waals surface area contributed by atoms with E-state index in [0.29, 0.717) is 19.5 Å². The van der Waals surface area contributed by atoms with E-state index in [1.165, 1.54) is 11.9 Å². The Labute approximate surface area is 243 Å². The number of benzene rings is 2. The van der Waals surface area contributed by atoms with Gasteiger partial charge in [0, 0.05) is 37.7 Å². The molecule has 3 atom stereocenters. The molecule has 1 amide bonds. The van der Waals surface area contributed by atoms with Crippen molar-refractivity contribution in [3.05, 3.63) is 65.7 Å². The standard InChI is InChI=1S/C32H44N2O7/c1-23(2)28(26-13-15-27(16-14-26)34-17-19-38-20-18-34)32(24(3)21-35,33(7)30(37)40-31(4,5)6)29(36)41-39-22-25-11-9-8-10-12-25/h8-16,21,23-24,28H,17-20,22H2,1-7H3/t24?,28?,32-/m1/s1. The predicted octanol–water partition coefficient (Wildman–Crippen LogP) is 5.38. The van der Waals surface area contributed by atoms with Crippen LogP contribution in [0.25, 0.3) is 0 Å². The number of nitrogens with zero attached hydrogens (tertiary/aromatic N) is 2. The molecule has 9 heteroatoms. The van der Waals surface area contributed by atoms with Gasteiger partial charge in [-0.05, 0) is 49.9 Å². The van der Waals surface area contributed by atoms with Gasteiger partial charge in [0.1, 0.15) is 18.5 Å². The number of hydrogen-bond acceptors (Lipinski definition) is 8. The predicted molar refractivity (Wildman–Crippen MR) is 156 cm³/mol. The molecular formula is C32H44N2O7. The van der Waals surface area contributed by atoms with E-state index in [2.05, 4.69) is 4.90 Å². The topological polar surface area (TPSA) is 94.6 Å². The van der Waals surface area contributed by atoms with Gasteiger partial charge in [0.25, 0.3) is 0 Å². The zero-order valence-corrected chi connectivity index (χ0v) is 25.3. The van der Waals surface area contributed by atoms with Gasteiger partial charge < -0.3 is 19.2 Å². The lowest BCUT2D eigenvalue weighted by molar-refractivity contribution is -0.290. The fourth-order valence-electron chi connectivity index (χ4n) is 5.49. The third-order valence-corrected chi connectivity index (χ3v) is 7.42. The molecule has 224 valence electrons. The SMILES string of the molecule is CC(C)C(c1ccc(N2CCOCC2)cc1)[C@@](C(=O)OOCc1ccccc1)(C(C)C=O)N(C)C(=O)OC(C)(C)C. The van der Waals surface area contributed by atoms with Crippen LogP contribution in [0.5, 0.6) is 0 Å². The summed E-state index contributed by atoms with van der Waals surface area (Å²) in [4.78, 5) is 54.6. The summed E-state index contributed by atoms with van der Waals surface area (Å²) in [5.74, 6) is -2.67. The normalized spacial score (nSPS) is 16.8. The Hall–Kier alpha value is -3.43. The van der Waals surface area contributed by atoms with Crippen molar-refractivity contribution in [1.29, 1.82) is 0 Å². The van der Waals surface area contributed by atoms with Gasteiger partial charge in [0.15, 0.2) is 5.54 Å². The van der Waals surface area contributed by atoms with Crippen molar-refractivity contribution >= 4 is 24.0 Å². The van der Waals surface area contributed by atoms with Crippen LogP contribution in [-0.2, 0) is 35.4 Å². The highest BCUT2D eigenvalue weighted by Gasteiger charge is 2.59. The van der Waals surface area contributed by atoms with Gasteiger partial charge in [0.05, 0.1) is 13.2 Å². The number of ether oxygens (including phenoxy) is 2. The van der Waals surface area contributed by atoms with Crippen LogP contribution in [0.3, 0.4) is 0 Å². The van der Waals surface area contributed by atoms with Crippen molar-refractivity contribution in [2.75, 3.05) is 38.3 Å². The minimum atomic E-state index is -1.78. The molecular weight excluding hydrogens is 524 g/mol. The highest BCUT2D eigenvalue weighted by atomic mass is 17.2. The van der Waals surface area contributed by atoms with Gasteiger partial charge in [-0.1, -0.05) is 63.2 Å². The maximum Gasteiger partial charge on any atom is 0.411 e. The van der Waals surface area contributed by atoms with Gasteiger partial charge >= 0.3 is 12.1 Å². The Morgan fingerprint density at radius 2 is 1.61 bits per heavy atom. The lowest BCUT2D eigenvalue weighted by atomic mass is 9.66. The average molecular weight is 569 g/mol. The highest BCUT2D eigenvalue weighted by molar-refractivity contribution is 5.90. The second-order valence-electron chi connectivity index (χ2n) is 11.8. The molecule has 2 aromatic rings. The maximum absolute atomic E-state index is 14.2. The van der Waals surface area contributed by atoms with E-state index in [0.717, 1.165) is 29.9 Å². The first-order chi connectivity index (χ1) is 19.4. The zero-order valence-electron chi connectivity index (χ0n) is 25.3. The molecule has 1 saturated heterocycles. The summed E-state index contributed by atoms with van der Waals surface area (Å²) < 4.78 is 11.2. The van der Waals surface area contributed by atoms with Crippen molar-refractivity contribution in [2.45, 2.75) is 65.2 Å². The molecule has 1 heterocycles. The minimum Gasteiger partial charge on any atom is -0.444 e. The molecule has 1 aliphatic heterocycles. The summed E-state index contributed by atoms with van der Waals surface area (Å²) in [6.07, 6.45) is -0.0710. The van der Waals surface area contributed by atoms with E-state index in [-0.39, 0.29) is 12.5 Å². The van der Waals surface area contributed by atoms with Crippen LogP contribution in [-0.4, -0.2) is 67.7 Å². The Balaban J connectivity index is 2.07. The van der Waals surface area contributed by atoms with E-state index in [9.17, 15) is 14.4 Å². The minimum absolute atomic E-state index is 0.00880. The lowest BCUT2D eigenvalue weighted by Crippen LogP contribution is -2.65. The van der Waals surface area contributed by atoms with Crippen molar-refractivity contribution in [2.24, 2.45) is 11.8 Å². The molecule has 2 unspecified atom stereocenters. The van der Waals surface area contributed by atoms with Crippen LogP contribution < -0.4 is 4.90 Å². The van der Waals surface area contributed by atoms with Crippen molar-refractivity contribution in [1.82, 2.24) is 4.90 Å². The number of rotatable bonds is 11. The van der Waals surface area contributed by atoms with Gasteiger partial charge in [-0.2, -0.15) is 4.89 Å². The highest BCUT2D eigenvalue weighted by Crippen LogP contribution is 2.45. The quantitative estimate of drug-likeness (QED) is 0.203. The summed E-state index contributed by atoms with van der Waals surface area (Å²) in [6.45, 7) is 13.6. The van der Waals surface area contributed by atoms with E-state index in [1.807, 2.05) is 68.4 Å². The monoisotopic (exact) mass is 568 g/mol. The van der Waals surface area contributed by atoms with Gasteiger partial charge in [-0.3, -0.25) is 9.79 Å². The van der Waals surface area contributed by atoms with Crippen molar-refractivity contribution in [3.63, 3.8) is 0 Å². The average Bonchev–Trinajstić information content (AvgIpc) is 2.95. The van der Waals surface area contributed by atoms with Crippen LogP contribution in [0, 0.1) is 11.8 Å². The zero-order chi connectivity index (χ0) is 30.2. The number of hydrogen-bond donors (Lipinski definition) is 0. The Bertz CT molecular complexity index is 1140. The van der Waals surface area contributed by atoms with Crippen molar-refractivity contribution in [3.8, 4) is 0 Å². The van der Waals surface area contributed by atoms with Gasteiger partial charge in [-0.25, -0.2) is 9.59 Å². The van der Waals surface area contributed by atoms with E-state index < -0.39 is 35.0 Å². The molecule has 3 rings (SSSR count). The summed E-state index contributed by atoms with van der Waals surface area (Å²) in [5, 5.41) is 0. The van der Waals surface area contributed by atoms with Crippen LogP contribution >= 0.6 is 0 Å². The molecule has 0 N–H and O–H groups in total. The maximum atomic E-state index is 14.2. The summed E-state index contributed by atoms with van der Waals surface area (Å²) in [6, 6.07) is 17.2. The molecule has 1 aliphatic rings. The van der Waals surface area contributed by atoms with Crippen LogP contribution in [0.1, 0.15) is 58.6 Å². The molecule has 1 fully saturated rings. The van der Waals surface area contributed by atoms with Crippen LogP contribution in [0.15, 0.2) is 54.6 Å². The van der Waals surface area contributed by atoms with E-state index in [4.69, 9.17) is 19.2 Å². The molecule has 0 aromatic heterocycles. The number of carbonyl (C=O) groups is 3. The number of anilines is 1. The fraction of sp³-hybridized carbons (Fsp3) is 0.531. The second kappa shape index (κ2) is 14.0. The first-order valence-electron chi connectivity index (χ1n) is 14.1. The first kappa shape index (κ1) is 32.1. The molecule has 9 nitrogen and oxygen atoms in total. The number of amides is 1. The lowest BCUT2D eigenvalue weighted by Gasteiger charge is -2.48. The third-order valence-electron chi connectivity index (χ3n) is 7.42. The largest absolute Gasteiger partial charge is 0.444 e. The molecule has 0 bridgehead atoms. The summed E-state index contributed by atoms with van der Waals surface area (Å²) in [5.41, 5.74) is -0.00413. The first-order valence-corrected chi connectivity index (χ1v) is 14.1. The number of carbonyl (C=O) groups excluding carboxylic acids is 3.